The van der Waals surface area contributed by atoms with Gasteiger partial charge in [0, 0.05) is 24.8 Å². The summed E-state index contributed by atoms with van der Waals surface area (Å²) in [5.74, 6) is 0. The molecule has 24 heavy (non-hydrogen) atoms. The van der Waals surface area contributed by atoms with Crippen LogP contribution >= 0.6 is 0 Å². The zero-order valence-electron chi connectivity index (χ0n) is 13.1. The van der Waals surface area contributed by atoms with Gasteiger partial charge in [0.2, 0.25) is 0 Å². The SMILES string of the molecule is CC(C)n1cc(CNc2ccc(C#N)cc2[N+](=O)[O-])c(=O)[nH]c1=O. The Bertz CT molecular complexity index is 936. The molecule has 2 aromatic rings. The highest BCUT2D eigenvalue weighted by atomic mass is 16.6. The lowest BCUT2D eigenvalue weighted by atomic mass is 10.2. The first-order valence-corrected chi connectivity index (χ1v) is 7.10. The Morgan fingerprint density at radius 3 is 2.71 bits per heavy atom. The molecule has 124 valence electrons. The molecule has 0 spiro atoms. The maximum Gasteiger partial charge on any atom is 0.328 e. The second kappa shape index (κ2) is 6.78. The highest BCUT2D eigenvalue weighted by molar-refractivity contribution is 5.64. The van der Waals surface area contributed by atoms with Crippen molar-refractivity contribution in [3.63, 3.8) is 0 Å². The van der Waals surface area contributed by atoms with Crippen molar-refractivity contribution in [3.05, 3.63) is 66.5 Å². The number of nitrogens with zero attached hydrogens (tertiary/aromatic N) is 3. The van der Waals surface area contributed by atoms with Gasteiger partial charge >= 0.3 is 5.69 Å². The van der Waals surface area contributed by atoms with E-state index < -0.39 is 16.2 Å². The first-order valence-electron chi connectivity index (χ1n) is 7.10. The van der Waals surface area contributed by atoms with Crippen LogP contribution in [0.3, 0.4) is 0 Å². The molecule has 0 aliphatic carbocycles. The summed E-state index contributed by atoms with van der Waals surface area (Å²) in [5, 5.41) is 22.7. The molecule has 9 heteroatoms. The molecule has 1 aromatic heterocycles. The molecule has 9 nitrogen and oxygen atoms in total. The van der Waals surface area contributed by atoms with E-state index in [4.69, 9.17) is 5.26 Å². The fraction of sp³-hybridized carbons (Fsp3) is 0.267. The summed E-state index contributed by atoms with van der Waals surface area (Å²) in [4.78, 5) is 36.3. The van der Waals surface area contributed by atoms with Gasteiger partial charge in [-0.05, 0) is 26.0 Å². The molecule has 0 saturated carbocycles. The number of hydrogen-bond acceptors (Lipinski definition) is 6. The fourth-order valence-electron chi connectivity index (χ4n) is 2.13. The summed E-state index contributed by atoms with van der Waals surface area (Å²) in [6.07, 6.45) is 1.42. The van der Waals surface area contributed by atoms with Crippen LogP contribution in [-0.4, -0.2) is 14.5 Å². The molecular formula is C15H15N5O4. The van der Waals surface area contributed by atoms with E-state index in [0.29, 0.717) is 0 Å². The van der Waals surface area contributed by atoms with Crippen LogP contribution in [0.15, 0.2) is 34.0 Å². The number of rotatable bonds is 5. The summed E-state index contributed by atoms with van der Waals surface area (Å²) in [5.41, 5.74) is -0.715. The van der Waals surface area contributed by atoms with Crippen molar-refractivity contribution in [2.24, 2.45) is 0 Å². The van der Waals surface area contributed by atoms with E-state index in [1.165, 1.54) is 22.9 Å². The quantitative estimate of drug-likeness (QED) is 0.630. The van der Waals surface area contributed by atoms with Crippen molar-refractivity contribution >= 4 is 11.4 Å². The third-order valence-corrected chi connectivity index (χ3v) is 3.39. The number of benzene rings is 1. The molecule has 0 amide bonds. The summed E-state index contributed by atoms with van der Waals surface area (Å²) in [6, 6.07) is 5.69. The van der Waals surface area contributed by atoms with Gasteiger partial charge < -0.3 is 5.32 Å². The van der Waals surface area contributed by atoms with Gasteiger partial charge in [-0.25, -0.2) is 4.79 Å². The fourth-order valence-corrected chi connectivity index (χ4v) is 2.13. The molecule has 1 heterocycles. The molecule has 0 bridgehead atoms. The van der Waals surface area contributed by atoms with Gasteiger partial charge in [-0.1, -0.05) is 0 Å². The summed E-state index contributed by atoms with van der Waals surface area (Å²) in [6.45, 7) is 3.58. The van der Waals surface area contributed by atoms with Crippen LogP contribution in [0.5, 0.6) is 0 Å². The van der Waals surface area contributed by atoms with Crippen molar-refractivity contribution in [1.29, 1.82) is 5.26 Å². The van der Waals surface area contributed by atoms with Gasteiger partial charge in [0.05, 0.1) is 22.1 Å². The molecule has 0 saturated heterocycles. The summed E-state index contributed by atoms with van der Waals surface area (Å²) < 4.78 is 1.37. The van der Waals surface area contributed by atoms with Crippen LogP contribution in [0.2, 0.25) is 0 Å². The van der Waals surface area contributed by atoms with Gasteiger partial charge in [-0.3, -0.25) is 24.5 Å². The third kappa shape index (κ3) is 3.49. The zero-order valence-corrected chi connectivity index (χ0v) is 13.1. The number of nitro benzene ring substituents is 1. The first-order chi connectivity index (χ1) is 11.3. The minimum absolute atomic E-state index is 0.00489. The maximum atomic E-state index is 11.9. The van der Waals surface area contributed by atoms with E-state index in [0.717, 1.165) is 6.07 Å². The topological polar surface area (TPSA) is 134 Å². The highest BCUT2D eigenvalue weighted by Crippen LogP contribution is 2.25. The molecule has 0 fully saturated rings. The Morgan fingerprint density at radius 2 is 2.12 bits per heavy atom. The van der Waals surface area contributed by atoms with Crippen LogP contribution in [0, 0.1) is 21.4 Å². The zero-order chi connectivity index (χ0) is 17.9. The van der Waals surface area contributed by atoms with E-state index in [1.807, 2.05) is 6.07 Å². The second-order valence-corrected chi connectivity index (χ2v) is 5.37. The summed E-state index contributed by atoms with van der Waals surface area (Å²) in [7, 11) is 0. The van der Waals surface area contributed by atoms with E-state index in [9.17, 15) is 19.7 Å². The van der Waals surface area contributed by atoms with Crippen LogP contribution in [-0.2, 0) is 6.54 Å². The predicted molar refractivity (Wildman–Crippen MR) is 86.8 cm³/mol. The minimum atomic E-state index is -0.609. The normalized spacial score (nSPS) is 10.4. The predicted octanol–water partition coefficient (Wildman–Crippen LogP) is 1.51. The van der Waals surface area contributed by atoms with Crippen molar-refractivity contribution in [2.75, 3.05) is 5.32 Å². The number of nitro groups is 1. The maximum absolute atomic E-state index is 11.9. The van der Waals surface area contributed by atoms with Crippen molar-refractivity contribution in [2.45, 2.75) is 26.4 Å². The smallest absolute Gasteiger partial charge is 0.328 e. The Kier molecular flexibility index (Phi) is 4.79. The molecule has 2 rings (SSSR count). The average molecular weight is 329 g/mol. The number of anilines is 1. The van der Waals surface area contributed by atoms with Crippen molar-refractivity contribution in [1.82, 2.24) is 9.55 Å². The van der Waals surface area contributed by atoms with Crippen molar-refractivity contribution in [3.8, 4) is 6.07 Å². The Labute approximate surface area is 136 Å². The third-order valence-electron chi connectivity index (χ3n) is 3.39. The molecule has 0 aliphatic rings. The van der Waals surface area contributed by atoms with Gasteiger partial charge in [0.25, 0.3) is 11.2 Å². The van der Waals surface area contributed by atoms with Crippen LogP contribution in [0.1, 0.15) is 31.0 Å². The number of H-pyrrole nitrogens is 1. The molecule has 2 N–H and O–H groups in total. The second-order valence-electron chi connectivity index (χ2n) is 5.37. The van der Waals surface area contributed by atoms with Gasteiger partial charge in [-0.2, -0.15) is 5.26 Å². The van der Waals surface area contributed by atoms with Gasteiger partial charge in [0.15, 0.2) is 0 Å². The molecule has 0 radical (unpaired) electrons. The standard InChI is InChI=1S/C15H15N5O4/c1-9(2)19-8-11(14(21)18-15(19)22)7-17-12-4-3-10(6-16)5-13(12)20(23)24/h3-5,8-9,17H,7H2,1-2H3,(H,18,21,22). The Balaban J connectivity index is 2.34. The molecule has 0 unspecified atom stereocenters. The summed E-state index contributed by atoms with van der Waals surface area (Å²) >= 11 is 0. The lowest BCUT2D eigenvalue weighted by Crippen LogP contribution is -2.33. The lowest BCUT2D eigenvalue weighted by molar-refractivity contribution is -0.384. The number of aromatic nitrogens is 2. The van der Waals surface area contributed by atoms with E-state index >= 15 is 0 Å². The molecule has 1 aromatic carbocycles. The monoisotopic (exact) mass is 329 g/mol. The first kappa shape index (κ1) is 17.0. The average Bonchev–Trinajstić information content (AvgIpc) is 2.53. The van der Waals surface area contributed by atoms with Crippen LogP contribution in [0.4, 0.5) is 11.4 Å². The number of hydrogen-bond donors (Lipinski definition) is 2. The lowest BCUT2D eigenvalue weighted by Gasteiger charge is -2.12. The van der Waals surface area contributed by atoms with E-state index in [2.05, 4.69) is 10.3 Å². The number of nitriles is 1. The van der Waals surface area contributed by atoms with Gasteiger partial charge in [0.1, 0.15) is 5.69 Å². The van der Waals surface area contributed by atoms with E-state index in [-0.39, 0.29) is 35.1 Å². The number of aromatic amines is 1. The molecule has 0 aliphatic heterocycles. The Morgan fingerprint density at radius 1 is 1.42 bits per heavy atom. The van der Waals surface area contributed by atoms with Crippen LogP contribution in [0.25, 0.3) is 0 Å². The molecular weight excluding hydrogens is 314 g/mol. The largest absolute Gasteiger partial charge is 0.375 e. The van der Waals surface area contributed by atoms with Gasteiger partial charge in [-0.15, -0.1) is 0 Å². The van der Waals surface area contributed by atoms with E-state index in [1.54, 1.807) is 13.8 Å². The highest BCUT2D eigenvalue weighted by Gasteiger charge is 2.15. The number of nitrogens with one attached hydrogen (secondary N) is 2. The minimum Gasteiger partial charge on any atom is -0.375 e. The molecule has 0 atom stereocenters. The van der Waals surface area contributed by atoms with Crippen molar-refractivity contribution < 1.29 is 4.92 Å². The Hall–Kier alpha value is -3.41. The van der Waals surface area contributed by atoms with Crippen LogP contribution < -0.4 is 16.6 Å².